The SMILES string of the molecule is [C-]#[N+]c1ccc(NC(=O)[C@@](C)(N)CS(=O)(=O)c2ccc(F)cc2)cc1C. The van der Waals surface area contributed by atoms with E-state index in [0.717, 1.165) is 24.3 Å². The summed E-state index contributed by atoms with van der Waals surface area (Å²) in [4.78, 5) is 15.7. The van der Waals surface area contributed by atoms with E-state index in [2.05, 4.69) is 10.2 Å². The number of nitrogens with one attached hydrogen (secondary N) is 1. The molecule has 8 heteroatoms. The molecule has 26 heavy (non-hydrogen) atoms. The van der Waals surface area contributed by atoms with Gasteiger partial charge in [0.1, 0.15) is 11.4 Å². The number of rotatable bonds is 5. The summed E-state index contributed by atoms with van der Waals surface area (Å²) in [5.74, 6) is -1.88. The van der Waals surface area contributed by atoms with Gasteiger partial charge in [-0.3, -0.25) is 4.79 Å². The molecule has 2 rings (SSSR count). The van der Waals surface area contributed by atoms with E-state index in [1.54, 1.807) is 25.1 Å². The molecular weight excluding hydrogens is 357 g/mol. The molecule has 0 aromatic heterocycles. The molecule has 2 aromatic carbocycles. The molecule has 136 valence electrons. The van der Waals surface area contributed by atoms with E-state index in [1.807, 2.05) is 0 Å². The summed E-state index contributed by atoms with van der Waals surface area (Å²) >= 11 is 0. The molecule has 0 bridgehead atoms. The van der Waals surface area contributed by atoms with Crippen LogP contribution in [0.2, 0.25) is 0 Å². The van der Waals surface area contributed by atoms with Crippen LogP contribution in [0.25, 0.3) is 4.85 Å². The van der Waals surface area contributed by atoms with E-state index >= 15 is 0 Å². The normalized spacial score (nSPS) is 13.5. The maximum atomic E-state index is 13.0. The number of aryl methyl sites for hydroxylation is 1. The second-order valence-corrected chi connectivity index (χ2v) is 8.19. The van der Waals surface area contributed by atoms with Gasteiger partial charge in [-0.25, -0.2) is 17.7 Å². The first kappa shape index (κ1) is 19.6. The Labute approximate surface area is 151 Å². The number of halogens is 1. The van der Waals surface area contributed by atoms with Crippen LogP contribution in [-0.2, 0) is 14.6 Å². The number of hydrogen-bond acceptors (Lipinski definition) is 4. The molecule has 0 saturated heterocycles. The average Bonchev–Trinajstić information content (AvgIpc) is 2.54. The van der Waals surface area contributed by atoms with Gasteiger partial charge in [0.2, 0.25) is 5.91 Å². The molecule has 0 heterocycles. The third-order valence-electron chi connectivity index (χ3n) is 3.76. The second kappa shape index (κ2) is 7.23. The minimum Gasteiger partial charge on any atom is -0.325 e. The van der Waals surface area contributed by atoms with Gasteiger partial charge < -0.3 is 11.1 Å². The van der Waals surface area contributed by atoms with Gasteiger partial charge in [0.05, 0.1) is 17.2 Å². The van der Waals surface area contributed by atoms with E-state index in [4.69, 9.17) is 12.3 Å². The quantitative estimate of drug-likeness (QED) is 0.621. The Kier molecular flexibility index (Phi) is 5.44. The lowest BCUT2D eigenvalue weighted by Gasteiger charge is -2.23. The van der Waals surface area contributed by atoms with Crippen LogP contribution in [0.5, 0.6) is 0 Å². The van der Waals surface area contributed by atoms with Gasteiger partial charge in [-0.2, -0.15) is 0 Å². The van der Waals surface area contributed by atoms with Gasteiger partial charge in [0.15, 0.2) is 15.5 Å². The van der Waals surface area contributed by atoms with Crippen molar-refractivity contribution in [2.45, 2.75) is 24.3 Å². The Balaban J connectivity index is 2.18. The highest BCUT2D eigenvalue weighted by Gasteiger charge is 2.35. The standard InChI is InChI=1S/C18H18FN3O3S/c1-12-10-14(6-9-16(12)21-3)22-17(23)18(2,20)11-26(24,25)15-7-4-13(19)5-8-15/h4-10H,11,20H2,1-2H3,(H,22,23)/t18-/m0/s1. The van der Waals surface area contributed by atoms with Crippen molar-refractivity contribution >= 4 is 27.1 Å². The van der Waals surface area contributed by atoms with Crippen LogP contribution >= 0.6 is 0 Å². The van der Waals surface area contributed by atoms with Gasteiger partial charge in [-0.1, -0.05) is 6.07 Å². The topological polar surface area (TPSA) is 93.6 Å². The molecular formula is C18H18FN3O3S. The van der Waals surface area contributed by atoms with Crippen LogP contribution < -0.4 is 11.1 Å². The van der Waals surface area contributed by atoms with Crippen LogP contribution in [-0.4, -0.2) is 25.6 Å². The van der Waals surface area contributed by atoms with Crippen molar-refractivity contribution < 1.29 is 17.6 Å². The number of benzene rings is 2. The molecule has 0 fully saturated rings. The van der Waals surface area contributed by atoms with Gasteiger partial charge in [-0.15, -0.1) is 0 Å². The third kappa shape index (κ3) is 4.45. The smallest absolute Gasteiger partial charge is 0.245 e. The number of carbonyl (C=O) groups excluding carboxylic acids is 1. The van der Waals surface area contributed by atoms with E-state index < -0.39 is 32.9 Å². The zero-order chi connectivity index (χ0) is 19.5. The van der Waals surface area contributed by atoms with Gasteiger partial charge in [0.25, 0.3) is 0 Å². The van der Waals surface area contributed by atoms with E-state index in [-0.39, 0.29) is 4.90 Å². The summed E-state index contributed by atoms with van der Waals surface area (Å²) in [7, 11) is -3.88. The minimum atomic E-state index is -3.88. The van der Waals surface area contributed by atoms with Crippen molar-refractivity contribution in [3.8, 4) is 0 Å². The number of hydrogen-bond donors (Lipinski definition) is 2. The predicted molar refractivity (Wildman–Crippen MR) is 97.1 cm³/mol. The zero-order valence-corrected chi connectivity index (χ0v) is 15.1. The Morgan fingerprint density at radius 3 is 2.42 bits per heavy atom. The van der Waals surface area contributed by atoms with Crippen LogP contribution in [0.15, 0.2) is 47.4 Å². The summed E-state index contributed by atoms with van der Waals surface area (Å²) in [5.41, 5.74) is 5.78. The molecule has 1 amide bonds. The number of amides is 1. The van der Waals surface area contributed by atoms with Crippen molar-refractivity contribution in [1.82, 2.24) is 0 Å². The largest absolute Gasteiger partial charge is 0.325 e. The summed E-state index contributed by atoms with van der Waals surface area (Å²) < 4.78 is 37.8. The fourth-order valence-electron chi connectivity index (χ4n) is 2.32. The zero-order valence-electron chi connectivity index (χ0n) is 14.3. The lowest BCUT2D eigenvalue weighted by Crippen LogP contribution is -2.53. The Hall–Kier alpha value is -2.76. The number of anilines is 1. The second-order valence-electron chi connectivity index (χ2n) is 6.20. The molecule has 6 nitrogen and oxygen atoms in total. The first-order valence-electron chi connectivity index (χ1n) is 7.62. The molecule has 0 aliphatic heterocycles. The highest BCUT2D eigenvalue weighted by atomic mass is 32.2. The average molecular weight is 375 g/mol. The first-order valence-corrected chi connectivity index (χ1v) is 9.27. The van der Waals surface area contributed by atoms with Crippen molar-refractivity contribution in [2.24, 2.45) is 5.73 Å². The molecule has 0 aliphatic rings. The number of nitrogens with two attached hydrogens (primary N) is 1. The summed E-state index contributed by atoms with van der Waals surface area (Å²) in [6, 6.07) is 9.03. The van der Waals surface area contributed by atoms with Gasteiger partial charge in [-0.05, 0) is 55.8 Å². The van der Waals surface area contributed by atoms with E-state index in [0.29, 0.717) is 16.9 Å². The molecule has 1 atom stereocenters. The molecule has 0 spiro atoms. The lowest BCUT2D eigenvalue weighted by molar-refractivity contribution is -0.119. The van der Waals surface area contributed by atoms with Crippen LogP contribution in [0.3, 0.4) is 0 Å². The van der Waals surface area contributed by atoms with Gasteiger partial charge >= 0.3 is 0 Å². The molecule has 2 aromatic rings. The molecule has 0 saturated carbocycles. The summed E-state index contributed by atoms with van der Waals surface area (Å²) in [5, 5.41) is 2.57. The van der Waals surface area contributed by atoms with Crippen molar-refractivity contribution in [3.63, 3.8) is 0 Å². The minimum absolute atomic E-state index is 0.111. The highest BCUT2D eigenvalue weighted by Crippen LogP contribution is 2.23. The van der Waals surface area contributed by atoms with Crippen LogP contribution in [0.4, 0.5) is 15.8 Å². The lowest BCUT2D eigenvalue weighted by atomic mass is 10.1. The maximum Gasteiger partial charge on any atom is 0.245 e. The van der Waals surface area contributed by atoms with Gasteiger partial charge in [0, 0.05) is 5.69 Å². The fraction of sp³-hybridized carbons (Fsp3) is 0.222. The summed E-state index contributed by atoms with van der Waals surface area (Å²) in [6.45, 7) is 10.1. The van der Waals surface area contributed by atoms with E-state index in [1.165, 1.54) is 6.92 Å². The highest BCUT2D eigenvalue weighted by molar-refractivity contribution is 7.91. The molecule has 3 N–H and O–H groups in total. The first-order chi connectivity index (χ1) is 12.0. The van der Waals surface area contributed by atoms with Crippen molar-refractivity contribution in [1.29, 1.82) is 0 Å². The number of carbonyl (C=O) groups is 1. The fourth-order valence-corrected chi connectivity index (χ4v) is 3.96. The molecule has 0 radical (unpaired) electrons. The van der Waals surface area contributed by atoms with Crippen molar-refractivity contribution in [3.05, 3.63) is 65.3 Å². The molecule has 0 unspecified atom stereocenters. The Morgan fingerprint density at radius 1 is 1.27 bits per heavy atom. The number of nitrogens with zero attached hydrogens (tertiary/aromatic N) is 1. The monoisotopic (exact) mass is 375 g/mol. The summed E-state index contributed by atoms with van der Waals surface area (Å²) in [6.07, 6.45) is 0. The van der Waals surface area contributed by atoms with Crippen LogP contribution in [0.1, 0.15) is 12.5 Å². The third-order valence-corrected chi connectivity index (χ3v) is 5.73. The molecule has 0 aliphatic carbocycles. The Bertz CT molecular complexity index is 978. The number of sulfone groups is 1. The predicted octanol–water partition coefficient (Wildman–Crippen LogP) is 2.81. The van der Waals surface area contributed by atoms with Crippen LogP contribution in [0, 0.1) is 19.3 Å². The maximum absolute atomic E-state index is 13.0. The van der Waals surface area contributed by atoms with Crippen molar-refractivity contribution in [2.75, 3.05) is 11.1 Å². The Morgan fingerprint density at radius 2 is 1.88 bits per heavy atom. The van der Waals surface area contributed by atoms with E-state index in [9.17, 15) is 17.6 Å².